The zero-order valence-electron chi connectivity index (χ0n) is 15.7. The molecule has 4 heteroatoms. The van der Waals surface area contributed by atoms with Gasteiger partial charge in [-0.3, -0.25) is 9.59 Å². The minimum Gasteiger partial charge on any atom is -0.341 e. The zero-order valence-corrected chi connectivity index (χ0v) is 15.7. The smallest absolute Gasteiger partial charge is 0.245 e. The van der Waals surface area contributed by atoms with Crippen LogP contribution in [0.25, 0.3) is 0 Å². The van der Waals surface area contributed by atoms with Crippen LogP contribution < -0.4 is 0 Å². The van der Waals surface area contributed by atoms with Crippen molar-refractivity contribution in [3.05, 3.63) is 35.4 Å². The molecule has 0 aromatic heterocycles. The Bertz CT molecular complexity index is 641. The van der Waals surface area contributed by atoms with E-state index in [-0.39, 0.29) is 17.9 Å². The van der Waals surface area contributed by atoms with Gasteiger partial charge in [0.1, 0.15) is 6.04 Å². The molecule has 4 rings (SSSR count). The highest BCUT2D eigenvalue weighted by atomic mass is 16.2. The second-order valence-corrected chi connectivity index (χ2v) is 8.21. The van der Waals surface area contributed by atoms with Crippen LogP contribution in [0.5, 0.6) is 0 Å². The molecule has 1 aliphatic carbocycles. The number of benzene rings is 1. The lowest BCUT2D eigenvalue weighted by atomic mass is 9.98. The number of rotatable bonds is 5. The first kappa shape index (κ1) is 17.6. The quantitative estimate of drug-likeness (QED) is 0.815. The maximum atomic E-state index is 12.7. The van der Waals surface area contributed by atoms with Gasteiger partial charge in [-0.25, -0.2) is 0 Å². The Balaban J connectivity index is 1.25. The lowest BCUT2D eigenvalue weighted by Crippen LogP contribution is -2.46. The molecule has 2 amide bonds. The average Bonchev–Trinajstić information content (AvgIpc) is 3.40. The van der Waals surface area contributed by atoms with Crippen LogP contribution in [0.15, 0.2) is 24.3 Å². The third kappa shape index (κ3) is 3.65. The molecule has 0 N–H and O–H groups in total. The Morgan fingerprint density at radius 1 is 0.962 bits per heavy atom. The number of fused-ring (bicyclic) bond motifs is 1. The second-order valence-electron chi connectivity index (χ2n) is 8.21. The van der Waals surface area contributed by atoms with Crippen molar-refractivity contribution in [3.63, 3.8) is 0 Å². The lowest BCUT2D eigenvalue weighted by molar-refractivity contribution is -0.143. The first-order valence-electron chi connectivity index (χ1n) is 10.4. The summed E-state index contributed by atoms with van der Waals surface area (Å²) in [6.07, 6.45) is 8.99. The molecule has 0 saturated carbocycles. The third-order valence-electron chi connectivity index (χ3n) is 6.41. The fourth-order valence-electron chi connectivity index (χ4n) is 5.01. The molecule has 2 fully saturated rings. The first-order chi connectivity index (χ1) is 12.7. The Kier molecular flexibility index (Phi) is 5.28. The zero-order chi connectivity index (χ0) is 17.9. The summed E-state index contributed by atoms with van der Waals surface area (Å²) in [7, 11) is 0. The number of hydrogen-bond donors (Lipinski definition) is 0. The largest absolute Gasteiger partial charge is 0.341 e. The summed E-state index contributed by atoms with van der Waals surface area (Å²) in [6.45, 7) is 2.51. The van der Waals surface area contributed by atoms with Gasteiger partial charge in [0.2, 0.25) is 11.8 Å². The van der Waals surface area contributed by atoms with Crippen LogP contribution in [-0.4, -0.2) is 47.3 Å². The summed E-state index contributed by atoms with van der Waals surface area (Å²) in [5.74, 6) is 1.07. The topological polar surface area (TPSA) is 40.6 Å². The molecule has 2 aliphatic heterocycles. The molecule has 0 spiro atoms. The summed E-state index contributed by atoms with van der Waals surface area (Å²) >= 11 is 0. The van der Waals surface area contributed by atoms with Crippen molar-refractivity contribution in [2.45, 2.75) is 63.8 Å². The Morgan fingerprint density at radius 3 is 2.35 bits per heavy atom. The van der Waals surface area contributed by atoms with E-state index in [0.29, 0.717) is 12.3 Å². The van der Waals surface area contributed by atoms with Gasteiger partial charge in [0.25, 0.3) is 0 Å². The number of carbonyl (C=O) groups excluding carboxylic acids is 2. The summed E-state index contributed by atoms with van der Waals surface area (Å²) in [5, 5.41) is 0. The molecule has 1 aromatic carbocycles. The molecule has 2 saturated heterocycles. The SMILES string of the molecule is O=C([C@@H]1CCCN1C(=O)CCCC1Cc2ccccc2C1)N1CCCC1. The van der Waals surface area contributed by atoms with E-state index in [0.717, 1.165) is 71.0 Å². The van der Waals surface area contributed by atoms with Crippen molar-refractivity contribution in [3.8, 4) is 0 Å². The molecule has 1 aromatic rings. The molecule has 0 bridgehead atoms. The molecule has 140 valence electrons. The Morgan fingerprint density at radius 2 is 1.65 bits per heavy atom. The highest BCUT2D eigenvalue weighted by Crippen LogP contribution is 2.30. The predicted octanol–water partition coefficient (Wildman–Crippen LogP) is 3.19. The Hall–Kier alpha value is -1.84. The van der Waals surface area contributed by atoms with Crippen LogP contribution in [0, 0.1) is 5.92 Å². The van der Waals surface area contributed by atoms with Crippen molar-refractivity contribution in [2.75, 3.05) is 19.6 Å². The summed E-state index contributed by atoms with van der Waals surface area (Å²) in [4.78, 5) is 29.3. The number of likely N-dealkylation sites (tertiary alicyclic amines) is 2. The fraction of sp³-hybridized carbons (Fsp3) is 0.636. The highest BCUT2D eigenvalue weighted by Gasteiger charge is 2.36. The summed E-state index contributed by atoms with van der Waals surface area (Å²) < 4.78 is 0. The minimum absolute atomic E-state index is 0.184. The number of hydrogen-bond acceptors (Lipinski definition) is 2. The molecule has 26 heavy (non-hydrogen) atoms. The van der Waals surface area contributed by atoms with Crippen molar-refractivity contribution in [1.82, 2.24) is 9.80 Å². The molecular weight excluding hydrogens is 324 g/mol. The van der Waals surface area contributed by atoms with Crippen molar-refractivity contribution >= 4 is 11.8 Å². The lowest BCUT2D eigenvalue weighted by Gasteiger charge is -2.28. The van der Waals surface area contributed by atoms with Gasteiger partial charge >= 0.3 is 0 Å². The van der Waals surface area contributed by atoms with Crippen molar-refractivity contribution in [2.24, 2.45) is 5.92 Å². The number of nitrogens with zero attached hydrogens (tertiary/aromatic N) is 2. The van der Waals surface area contributed by atoms with Crippen LogP contribution in [0.3, 0.4) is 0 Å². The minimum atomic E-state index is -0.184. The molecule has 0 unspecified atom stereocenters. The number of amides is 2. The average molecular weight is 354 g/mol. The van der Waals surface area contributed by atoms with E-state index in [1.54, 1.807) is 0 Å². The standard InChI is InChI=1S/C22H30N2O2/c25-21(11-5-7-17-15-18-8-1-2-9-19(18)16-17)24-14-6-10-20(24)22(26)23-12-3-4-13-23/h1-2,8-9,17,20H,3-7,10-16H2/t20-/m0/s1. The molecular formula is C22H30N2O2. The molecule has 0 radical (unpaired) electrons. The van der Waals surface area contributed by atoms with E-state index >= 15 is 0 Å². The van der Waals surface area contributed by atoms with Crippen LogP contribution in [0.1, 0.15) is 56.1 Å². The summed E-state index contributed by atoms with van der Waals surface area (Å²) in [5.41, 5.74) is 2.97. The normalized spacial score (nSPS) is 22.8. The second kappa shape index (κ2) is 7.81. The monoisotopic (exact) mass is 354 g/mol. The van der Waals surface area contributed by atoms with Gasteiger partial charge in [0.15, 0.2) is 0 Å². The van der Waals surface area contributed by atoms with E-state index < -0.39 is 0 Å². The Labute approximate surface area is 156 Å². The predicted molar refractivity (Wildman–Crippen MR) is 102 cm³/mol. The van der Waals surface area contributed by atoms with Gasteiger partial charge < -0.3 is 9.80 Å². The van der Waals surface area contributed by atoms with Crippen molar-refractivity contribution < 1.29 is 9.59 Å². The maximum Gasteiger partial charge on any atom is 0.245 e. The van der Waals surface area contributed by atoms with Crippen molar-refractivity contribution in [1.29, 1.82) is 0 Å². The van der Waals surface area contributed by atoms with Gasteiger partial charge in [0, 0.05) is 26.1 Å². The van der Waals surface area contributed by atoms with Gasteiger partial charge in [-0.1, -0.05) is 24.3 Å². The van der Waals surface area contributed by atoms with Crippen LogP contribution in [-0.2, 0) is 22.4 Å². The van der Waals surface area contributed by atoms with Gasteiger partial charge in [-0.15, -0.1) is 0 Å². The van der Waals surface area contributed by atoms with E-state index in [4.69, 9.17) is 0 Å². The molecule has 3 aliphatic rings. The highest BCUT2D eigenvalue weighted by molar-refractivity contribution is 5.88. The van der Waals surface area contributed by atoms with E-state index in [1.807, 2.05) is 9.80 Å². The fourth-order valence-corrected chi connectivity index (χ4v) is 5.01. The first-order valence-corrected chi connectivity index (χ1v) is 10.4. The van der Waals surface area contributed by atoms with E-state index in [1.165, 1.54) is 11.1 Å². The van der Waals surface area contributed by atoms with Crippen LogP contribution >= 0.6 is 0 Å². The molecule has 2 heterocycles. The van der Waals surface area contributed by atoms with E-state index in [9.17, 15) is 9.59 Å². The van der Waals surface area contributed by atoms with Crippen LogP contribution in [0.2, 0.25) is 0 Å². The third-order valence-corrected chi connectivity index (χ3v) is 6.41. The molecule has 1 atom stereocenters. The van der Waals surface area contributed by atoms with Gasteiger partial charge in [-0.2, -0.15) is 0 Å². The van der Waals surface area contributed by atoms with E-state index in [2.05, 4.69) is 24.3 Å². The number of carbonyl (C=O) groups is 2. The summed E-state index contributed by atoms with van der Waals surface area (Å²) in [6, 6.07) is 8.53. The van der Waals surface area contributed by atoms with Crippen LogP contribution in [0.4, 0.5) is 0 Å². The maximum absolute atomic E-state index is 12.7. The van der Waals surface area contributed by atoms with Gasteiger partial charge in [-0.05, 0) is 68.4 Å². The van der Waals surface area contributed by atoms with Gasteiger partial charge in [0.05, 0.1) is 0 Å². The molecule has 4 nitrogen and oxygen atoms in total.